The number of anilines is 2. The highest BCUT2D eigenvalue weighted by atomic mass is 79.9. The van der Waals surface area contributed by atoms with Crippen molar-refractivity contribution < 1.29 is 19.1 Å². The minimum Gasteiger partial charge on any atom is -0.495 e. The Kier molecular flexibility index (Phi) is 12.5. The SMILES string of the molecule is COc1cc(Br)c(NC(=O)CSc2nnc(SCC(=O)Nc3c(Br)cc(OC)c(Br)c3Br)s2)c(Br)c1Br. The van der Waals surface area contributed by atoms with Crippen molar-refractivity contribution in [3.63, 3.8) is 0 Å². The van der Waals surface area contributed by atoms with E-state index in [-0.39, 0.29) is 23.3 Å². The fourth-order valence-electron chi connectivity index (χ4n) is 2.59. The number of carbonyl (C=O) groups excluding carboxylic acids is 2. The van der Waals surface area contributed by atoms with Gasteiger partial charge in [-0.05, 0) is 108 Å². The summed E-state index contributed by atoms with van der Waals surface area (Å²) in [5.74, 6) is 1.09. The van der Waals surface area contributed by atoms with Gasteiger partial charge < -0.3 is 20.1 Å². The van der Waals surface area contributed by atoms with E-state index in [0.717, 1.165) is 0 Å². The molecule has 0 aliphatic carbocycles. The normalized spacial score (nSPS) is 10.8. The van der Waals surface area contributed by atoms with Crippen molar-refractivity contribution in [2.24, 2.45) is 0 Å². The molecule has 2 N–H and O–H groups in total. The number of rotatable bonds is 10. The highest BCUT2D eigenvalue weighted by molar-refractivity contribution is 9.13. The summed E-state index contributed by atoms with van der Waals surface area (Å²) in [6.07, 6.45) is 0. The Morgan fingerprint density at radius 1 is 0.757 bits per heavy atom. The lowest BCUT2D eigenvalue weighted by atomic mass is 10.3. The quantitative estimate of drug-likeness (QED) is 0.154. The van der Waals surface area contributed by atoms with Crippen LogP contribution in [0.1, 0.15) is 0 Å². The molecule has 8 nitrogen and oxygen atoms in total. The molecule has 0 radical (unpaired) electrons. The van der Waals surface area contributed by atoms with Crippen LogP contribution in [-0.2, 0) is 9.59 Å². The molecule has 0 bridgehead atoms. The first-order valence-corrected chi connectivity index (χ1v) is 17.2. The number of ether oxygens (including phenoxy) is 2. The fourth-order valence-corrected chi connectivity index (χ4v) is 8.72. The summed E-state index contributed by atoms with van der Waals surface area (Å²) in [6, 6.07) is 3.51. The minimum absolute atomic E-state index is 0.136. The van der Waals surface area contributed by atoms with Crippen LogP contribution >= 0.6 is 130 Å². The first-order valence-electron chi connectivity index (χ1n) is 9.67. The second-order valence-electron chi connectivity index (χ2n) is 6.63. The summed E-state index contributed by atoms with van der Waals surface area (Å²) >= 11 is 24.6. The number of methoxy groups -OCH3 is 2. The molecule has 3 aromatic rings. The Bertz CT molecular complexity index is 1250. The number of thioether (sulfide) groups is 2. The molecule has 0 spiro atoms. The van der Waals surface area contributed by atoms with Crippen molar-refractivity contribution in [2.75, 3.05) is 36.4 Å². The van der Waals surface area contributed by atoms with Gasteiger partial charge in [0.05, 0.1) is 55.0 Å². The van der Waals surface area contributed by atoms with E-state index < -0.39 is 0 Å². The zero-order chi connectivity index (χ0) is 27.3. The smallest absolute Gasteiger partial charge is 0.234 e. The first-order chi connectivity index (χ1) is 17.5. The zero-order valence-corrected chi connectivity index (χ0v) is 30.6. The summed E-state index contributed by atoms with van der Waals surface area (Å²) in [7, 11) is 3.13. The number of benzene rings is 2. The fraction of sp³-hybridized carbons (Fsp3) is 0.200. The van der Waals surface area contributed by atoms with Crippen molar-refractivity contribution in [3.8, 4) is 11.5 Å². The van der Waals surface area contributed by atoms with Crippen molar-refractivity contribution in [3.05, 3.63) is 39.0 Å². The molecular formula is C20H14Br6N4O4S3. The molecule has 17 heteroatoms. The Morgan fingerprint density at radius 2 is 1.14 bits per heavy atom. The highest BCUT2D eigenvalue weighted by Crippen LogP contribution is 2.44. The van der Waals surface area contributed by atoms with Gasteiger partial charge in [0.2, 0.25) is 11.8 Å². The van der Waals surface area contributed by atoms with E-state index in [1.54, 1.807) is 26.4 Å². The largest absolute Gasteiger partial charge is 0.495 e. The van der Waals surface area contributed by atoms with Crippen molar-refractivity contribution in [1.82, 2.24) is 10.2 Å². The maximum atomic E-state index is 12.5. The average molecular weight is 950 g/mol. The molecule has 37 heavy (non-hydrogen) atoms. The Balaban J connectivity index is 1.52. The number of nitrogens with one attached hydrogen (secondary N) is 2. The van der Waals surface area contributed by atoms with Gasteiger partial charge in [-0.3, -0.25) is 9.59 Å². The molecule has 2 amide bonds. The monoisotopic (exact) mass is 944 g/mol. The summed E-state index contributed by atoms with van der Waals surface area (Å²) in [4.78, 5) is 25.1. The van der Waals surface area contributed by atoms with Crippen LogP contribution in [0.3, 0.4) is 0 Å². The van der Waals surface area contributed by atoms with Crippen molar-refractivity contribution in [2.45, 2.75) is 8.68 Å². The van der Waals surface area contributed by atoms with E-state index in [4.69, 9.17) is 9.47 Å². The third-order valence-corrected chi connectivity index (χ3v) is 12.9. The average Bonchev–Trinajstić information content (AvgIpc) is 3.34. The van der Waals surface area contributed by atoms with Gasteiger partial charge in [-0.1, -0.05) is 34.9 Å². The zero-order valence-electron chi connectivity index (χ0n) is 18.6. The van der Waals surface area contributed by atoms with E-state index in [2.05, 4.69) is 116 Å². The van der Waals surface area contributed by atoms with Crippen molar-refractivity contribution in [1.29, 1.82) is 0 Å². The van der Waals surface area contributed by atoms with Gasteiger partial charge >= 0.3 is 0 Å². The molecule has 0 saturated heterocycles. The van der Waals surface area contributed by atoms with Gasteiger partial charge in [-0.2, -0.15) is 0 Å². The van der Waals surface area contributed by atoms with Gasteiger partial charge in [-0.15, -0.1) is 10.2 Å². The molecule has 1 heterocycles. The predicted octanol–water partition coefficient (Wildman–Crippen LogP) is 8.59. The lowest BCUT2D eigenvalue weighted by Gasteiger charge is -2.13. The minimum atomic E-state index is -0.214. The third kappa shape index (κ3) is 8.31. The predicted molar refractivity (Wildman–Crippen MR) is 171 cm³/mol. The first kappa shape index (κ1) is 31.6. The van der Waals surface area contributed by atoms with Crippen LogP contribution in [0.2, 0.25) is 0 Å². The number of hydrogen-bond acceptors (Lipinski definition) is 9. The number of amides is 2. The van der Waals surface area contributed by atoms with Gasteiger partial charge in [0.25, 0.3) is 0 Å². The van der Waals surface area contributed by atoms with Crippen molar-refractivity contribution >= 4 is 154 Å². The molecule has 1 aromatic heterocycles. The van der Waals surface area contributed by atoms with Crippen LogP contribution in [0, 0.1) is 0 Å². The molecule has 0 aliphatic heterocycles. The number of aromatic nitrogens is 2. The summed E-state index contributed by atoms with van der Waals surface area (Å²) in [6.45, 7) is 0. The number of carbonyl (C=O) groups is 2. The second-order valence-corrected chi connectivity index (χ2v) is 14.9. The Hall–Kier alpha value is 0.120. The van der Waals surface area contributed by atoms with E-state index in [0.29, 0.717) is 58.4 Å². The maximum Gasteiger partial charge on any atom is 0.234 e. The second kappa shape index (κ2) is 14.7. The van der Waals surface area contributed by atoms with Crippen LogP contribution in [-0.4, -0.2) is 47.7 Å². The van der Waals surface area contributed by atoms with E-state index in [1.165, 1.54) is 34.9 Å². The van der Waals surface area contributed by atoms with Crippen LogP contribution in [0.25, 0.3) is 0 Å². The Morgan fingerprint density at radius 3 is 1.49 bits per heavy atom. The van der Waals surface area contributed by atoms with Crippen LogP contribution in [0.5, 0.6) is 11.5 Å². The molecule has 0 fully saturated rings. The number of nitrogens with zero attached hydrogens (tertiary/aromatic N) is 2. The van der Waals surface area contributed by atoms with E-state index in [1.807, 2.05) is 0 Å². The van der Waals surface area contributed by atoms with Gasteiger partial charge in [-0.25, -0.2) is 0 Å². The third-order valence-electron chi connectivity index (χ3n) is 4.26. The van der Waals surface area contributed by atoms with Gasteiger partial charge in [0.1, 0.15) is 11.5 Å². The molecular weight excluding hydrogens is 936 g/mol. The summed E-state index contributed by atoms with van der Waals surface area (Å²) in [5.41, 5.74) is 1.17. The van der Waals surface area contributed by atoms with E-state index >= 15 is 0 Å². The lowest BCUT2D eigenvalue weighted by molar-refractivity contribution is -0.114. The molecule has 0 aliphatic rings. The van der Waals surface area contributed by atoms with Gasteiger partial charge in [0, 0.05) is 8.95 Å². The van der Waals surface area contributed by atoms with E-state index in [9.17, 15) is 9.59 Å². The molecule has 198 valence electrons. The number of hydrogen-bond donors (Lipinski definition) is 2. The van der Waals surface area contributed by atoms with Gasteiger partial charge in [0.15, 0.2) is 8.68 Å². The van der Waals surface area contributed by atoms with Crippen LogP contribution < -0.4 is 20.1 Å². The summed E-state index contributed by atoms with van der Waals surface area (Å²) in [5, 5.41) is 14.0. The van der Waals surface area contributed by atoms with Crippen LogP contribution in [0.4, 0.5) is 11.4 Å². The molecule has 0 saturated carbocycles. The molecule has 0 atom stereocenters. The lowest BCUT2D eigenvalue weighted by Crippen LogP contribution is -2.15. The molecule has 2 aromatic carbocycles. The maximum absolute atomic E-state index is 12.5. The standard InChI is InChI=1S/C20H14Br6N4O4S3/c1-33-9-3-7(21)17(15(25)13(9)23)27-11(31)5-35-19-29-30-20(37-19)36-6-12(32)28-18-8(22)4-10(34-2)14(24)16(18)26/h3-4H,5-6H2,1-2H3,(H,27,31)(H,28,32). The van der Waals surface area contributed by atoms with Crippen LogP contribution in [0.15, 0.2) is 47.6 Å². The summed E-state index contributed by atoms with van der Waals surface area (Å²) < 4.78 is 15.9. The molecule has 3 rings (SSSR count). The highest BCUT2D eigenvalue weighted by Gasteiger charge is 2.19. The topological polar surface area (TPSA) is 102 Å². The molecule has 0 unspecified atom stereocenters. The Labute approximate surface area is 275 Å². The number of halogens is 6.